The number of halogens is 1. The van der Waals surface area contributed by atoms with Crippen LogP contribution in [0.5, 0.6) is 5.75 Å². The highest BCUT2D eigenvalue weighted by Gasteiger charge is 2.20. The van der Waals surface area contributed by atoms with Crippen LogP contribution in [0.3, 0.4) is 0 Å². The Morgan fingerprint density at radius 2 is 1.87 bits per heavy atom. The number of para-hydroxylation sites is 1. The van der Waals surface area contributed by atoms with Gasteiger partial charge in [0.05, 0.1) is 0 Å². The number of benzene rings is 3. The molecule has 1 aliphatic heterocycles. The molecule has 0 aromatic heterocycles. The number of aryl methyl sites for hydroxylation is 2. The first-order valence-corrected chi connectivity index (χ1v) is 10.5. The molecule has 1 heterocycles. The second-order valence-electron chi connectivity index (χ2n) is 7.68. The number of nitrogens with zero attached hydrogens (tertiary/aromatic N) is 1. The molecule has 0 aliphatic carbocycles. The van der Waals surface area contributed by atoms with Crippen LogP contribution in [0.15, 0.2) is 66.7 Å². The number of aldehydes is 1. The Hall–Kier alpha value is -3.14. The minimum atomic E-state index is -0.324. The lowest BCUT2D eigenvalue weighted by Gasteiger charge is -2.33. The van der Waals surface area contributed by atoms with Gasteiger partial charge in [-0.3, -0.25) is 0 Å². The molecule has 0 unspecified atom stereocenters. The summed E-state index contributed by atoms with van der Waals surface area (Å²) in [6, 6.07) is 21.8. The lowest BCUT2D eigenvalue weighted by molar-refractivity contribution is -0.107. The van der Waals surface area contributed by atoms with E-state index in [1.54, 1.807) is 12.1 Å². The van der Waals surface area contributed by atoms with Crippen molar-refractivity contribution in [3.8, 4) is 5.75 Å². The summed E-state index contributed by atoms with van der Waals surface area (Å²) < 4.78 is 20.2. The third kappa shape index (κ3) is 4.70. The summed E-state index contributed by atoms with van der Waals surface area (Å²) in [5.41, 5.74) is 5.53. The summed E-state index contributed by atoms with van der Waals surface area (Å²) in [6.45, 7) is 2.27. The van der Waals surface area contributed by atoms with E-state index in [0.717, 1.165) is 37.8 Å². The van der Waals surface area contributed by atoms with E-state index in [2.05, 4.69) is 47.4 Å². The molecular formula is C26H26FNO2. The number of ether oxygens (including phenoxy) is 1. The zero-order valence-corrected chi connectivity index (χ0v) is 17.0. The predicted octanol–water partition coefficient (Wildman–Crippen LogP) is 5.49. The zero-order chi connectivity index (χ0) is 20.8. The smallest absolute Gasteiger partial charge is 0.130 e. The van der Waals surface area contributed by atoms with Gasteiger partial charge in [0, 0.05) is 36.8 Å². The van der Waals surface area contributed by atoms with Crippen LogP contribution in [-0.4, -0.2) is 12.8 Å². The number of fused-ring (bicyclic) bond motifs is 1. The average Bonchev–Trinajstić information content (AvgIpc) is 2.78. The van der Waals surface area contributed by atoms with Crippen LogP contribution in [-0.2, 0) is 30.8 Å². The van der Waals surface area contributed by atoms with Crippen molar-refractivity contribution < 1.29 is 13.9 Å². The maximum absolute atomic E-state index is 14.3. The Bertz CT molecular complexity index is 1000. The predicted molar refractivity (Wildman–Crippen MR) is 117 cm³/mol. The SMILES string of the molecule is O=CCCc1ccc(OCc2cccc3c2N(Cc2ccccc2)CCC3)cc1F. The number of rotatable bonds is 8. The van der Waals surface area contributed by atoms with Gasteiger partial charge < -0.3 is 14.4 Å². The van der Waals surface area contributed by atoms with E-state index in [9.17, 15) is 9.18 Å². The molecule has 0 saturated heterocycles. The van der Waals surface area contributed by atoms with Gasteiger partial charge in [0.25, 0.3) is 0 Å². The van der Waals surface area contributed by atoms with Crippen molar-refractivity contribution in [3.63, 3.8) is 0 Å². The van der Waals surface area contributed by atoms with Gasteiger partial charge in [0.15, 0.2) is 0 Å². The molecule has 0 amide bonds. The molecule has 30 heavy (non-hydrogen) atoms. The highest BCUT2D eigenvalue weighted by molar-refractivity contribution is 5.61. The molecule has 3 nitrogen and oxygen atoms in total. The molecule has 4 rings (SSSR count). The largest absolute Gasteiger partial charge is 0.489 e. The third-order valence-electron chi connectivity index (χ3n) is 5.56. The number of carbonyl (C=O) groups is 1. The molecule has 0 atom stereocenters. The van der Waals surface area contributed by atoms with E-state index in [4.69, 9.17) is 4.74 Å². The Morgan fingerprint density at radius 1 is 1.00 bits per heavy atom. The fourth-order valence-electron chi connectivity index (χ4n) is 4.10. The monoisotopic (exact) mass is 403 g/mol. The number of hydrogen-bond acceptors (Lipinski definition) is 3. The average molecular weight is 403 g/mol. The van der Waals surface area contributed by atoms with Crippen LogP contribution in [0.25, 0.3) is 0 Å². The minimum Gasteiger partial charge on any atom is -0.489 e. The maximum atomic E-state index is 14.3. The number of hydrogen-bond donors (Lipinski definition) is 0. The van der Waals surface area contributed by atoms with E-state index >= 15 is 0 Å². The Morgan fingerprint density at radius 3 is 2.67 bits per heavy atom. The molecule has 0 saturated carbocycles. The highest BCUT2D eigenvalue weighted by Crippen LogP contribution is 2.33. The lowest BCUT2D eigenvalue weighted by atomic mass is 9.97. The second-order valence-corrected chi connectivity index (χ2v) is 7.68. The summed E-state index contributed by atoms with van der Waals surface area (Å²) in [7, 11) is 0. The first-order valence-electron chi connectivity index (χ1n) is 10.5. The zero-order valence-electron chi connectivity index (χ0n) is 17.0. The van der Waals surface area contributed by atoms with E-state index in [1.165, 1.54) is 22.9 Å². The first kappa shape index (κ1) is 20.1. The first-order chi connectivity index (χ1) is 14.7. The number of anilines is 1. The molecule has 1 aliphatic rings. The standard InChI is InChI=1S/C26H26FNO2/c27-25-17-24(14-13-21(25)12-6-16-29)30-19-23-10-4-9-22-11-5-15-28(26(22)23)18-20-7-2-1-3-8-20/h1-4,7-10,13-14,16-17H,5-6,11-12,15,18-19H2. The normalized spacial score (nSPS) is 13.0. The van der Waals surface area contributed by atoms with Crippen molar-refractivity contribution in [2.45, 2.75) is 38.8 Å². The van der Waals surface area contributed by atoms with Gasteiger partial charge in [-0.15, -0.1) is 0 Å². The van der Waals surface area contributed by atoms with E-state index in [1.807, 2.05) is 6.07 Å². The molecule has 0 N–H and O–H groups in total. The molecule has 0 bridgehead atoms. The van der Waals surface area contributed by atoms with Crippen LogP contribution in [0, 0.1) is 5.82 Å². The summed E-state index contributed by atoms with van der Waals surface area (Å²) in [4.78, 5) is 13.0. The highest BCUT2D eigenvalue weighted by atomic mass is 19.1. The molecule has 3 aromatic carbocycles. The van der Waals surface area contributed by atoms with Crippen molar-refractivity contribution in [1.29, 1.82) is 0 Å². The van der Waals surface area contributed by atoms with Gasteiger partial charge in [-0.25, -0.2) is 4.39 Å². The van der Waals surface area contributed by atoms with Crippen LogP contribution >= 0.6 is 0 Å². The Balaban J connectivity index is 1.51. The van der Waals surface area contributed by atoms with Gasteiger partial charge in [-0.1, -0.05) is 54.6 Å². The van der Waals surface area contributed by atoms with Crippen molar-refractivity contribution >= 4 is 12.0 Å². The van der Waals surface area contributed by atoms with Gasteiger partial charge in [-0.05, 0) is 42.0 Å². The van der Waals surface area contributed by atoms with E-state index in [-0.39, 0.29) is 5.82 Å². The van der Waals surface area contributed by atoms with Gasteiger partial charge in [0.1, 0.15) is 24.5 Å². The van der Waals surface area contributed by atoms with Crippen LogP contribution < -0.4 is 9.64 Å². The Kier molecular flexibility index (Phi) is 6.43. The second kappa shape index (κ2) is 9.57. The molecule has 154 valence electrons. The molecule has 0 radical (unpaired) electrons. The third-order valence-corrected chi connectivity index (χ3v) is 5.56. The topological polar surface area (TPSA) is 29.5 Å². The van der Waals surface area contributed by atoms with Crippen LogP contribution in [0.2, 0.25) is 0 Å². The summed E-state index contributed by atoms with van der Waals surface area (Å²) >= 11 is 0. The number of carbonyl (C=O) groups excluding carboxylic acids is 1. The molecule has 0 fully saturated rings. The van der Waals surface area contributed by atoms with Crippen LogP contribution in [0.1, 0.15) is 35.1 Å². The summed E-state index contributed by atoms with van der Waals surface area (Å²) in [5.74, 6) is 0.181. The summed E-state index contributed by atoms with van der Waals surface area (Å²) in [6.07, 6.45) is 3.75. The minimum absolute atomic E-state index is 0.324. The molecule has 4 heteroatoms. The van der Waals surface area contributed by atoms with Gasteiger partial charge in [0.2, 0.25) is 0 Å². The van der Waals surface area contributed by atoms with E-state index in [0.29, 0.717) is 30.8 Å². The quantitative estimate of drug-likeness (QED) is 0.466. The van der Waals surface area contributed by atoms with Crippen molar-refractivity contribution in [1.82, 2.24) is 0 Å². The van der Waals surface area contributed by atoms with Crippen molar-refractivity contribution in [2.75, 3.05) is 11.4 Å². The molecule has 0 spiro atoms. The fraction of sp³-hybridized carbons (Fsp3) is 0.269. The van der Waals surface area contributed by atoms with Crippen LogP contribution in [0.4, 0.5) is 10.1 Å². The molecule has 3 aromatic rings. The van der Waals surface area contributed by atoms with Gasteiger partial charge >= 0.3 is 0 Å². The fourth-order valence-corrected chi connectivity index (χ4v) is 4.10. The van der Waals surface area contributed by atoms with Crippen molar-refractivity contribution in [2.24, 2.45) is 0 Å². The van der Waals surface area contributed by atoms with Gasteiger partial charge in [-0.2, -0.15) is 0 Å². The lowest BCUT2D eigenvalue weighted by Crippen LogP contribution is -2.30. The van der Waals surface area contributed by atoms with E-state index < -0.39 is 0 Å². The summed E-state index contributed by atoms with van der Waals surface area (Å²) in [5, 5.41) is 0. The maximum Gasteiger partial charge on any atom is 0.130 e. The van der Waals surface area contributed by atoms with Crippen molar-refractivity contribution in [3.05, 3.63) is 94.8 Å². The Labute approximate surface area is 177 Å². The molecular weight excluding hydrogens is 377 g/mol.